The number of rotatable bonds is 1. The third-order valence-corrected chi connectivity index (χ3v) is 2.44. The van der Waals surface area contributed by atoms with E-state index < -0.39 is 5.60 Å². The number of hydrogen-bond acceptors (Lipinski definition) is 1. The summed E-state index contributed by atoms with van der Waals surface area (Å²) in [5.74, 6) is 0.239. The van der Waals surface area contributed by atoms with E-state index in [1.54, 1.807) is 6.08 Å². The van der Waals surface area contributed by atoms with Crippen LogP contribution < -0.4 is 0 Å². The Morgan fingerprint density at radius 2 is 2.40 bits per heavy atom. The first-order valence-corrected chi connectivity index (χ1v) is 4.23. The molecule has 1 atom stereocenters. The van der Waals surface area contributed by atoms with E-state index in [0.29, 0.717) is 0 Å². The molecule has 0 aromatic heterocycles. The van der Waals surface area contributed by atoms with E-state index in [-0.39, 0.29) is 5.88 Å². The fourth-order valence-corrected chi connectivity index (χ4v) is 1.65. The van der Waals surface area contributed by atoms with Crippen molar-refractivity contribution in [3.63, 3.8) is 0 Å². The topological polar surface area (TPSA) is 20.2 Å². The molecule has 1 rings (SSSR count). The smallest absolute Gasteiger partial charge is 0.0976 e. The Bertz CT molecular complexity index is 156. The van der Waals surface area contributed by atoms with Crippen LogP contribution in [0.4, 0.5) is 0 Å². The van der Waals surface area contributed by atoms with Gasteiger partial charge in [0, 0.05) is 5.03 Å². The molecule has 0 radical (unpaired) electrons. The average molecular weight is 181 g/mol. The van der Waals surface area contributed by atoms with Crippen molar-refractivity contribution in [3.8, 4) is 0 Å². The minimum absolute atomic E-state index is 0.239. The summed E-state index contributed by atoms with van der Waals surface area (Å²) in [5.41, 5.74) is -0.836. The van der Waals surface area contributed by atoms with E-state index in [4.69, 9.17) is 23.2 Å². The second kappa shape index (κ2) is 3.12. The van der Waals surface area contributed by atoms with Crippen molar-refractivity contribution >= 4 is 23.2 Å². The predicted octanol–water partition coefficient (Wildman–Crippen LogP) is 2.26. The summed E-state index contributed by atoms with van der Waals surface area (Å²) in [4.78, 5) is 0. The first-order chi connectivity index (χ1) is 4.66. The van der Waals surface area contributed by atoms with Gasteiger partial charge in [0.25, 0.3) is 0 Å². The molecule has 0 saturated carbocycles. The third kappa shape index (κ3) is 1.88. The second-order valence-electron chi connectivity index (χ2n) is 2.68. The fourth-order valence-electron chi connectivity index (χ4n) is 1.10. The lowest BCUT2D eigenvalue weighted by Gasteiger charge is -2.25. The molecular weight excluding hydrogens is 171 g/mol. The lowest BCUT2D eigenvalue weighted by molar-refractivity contribution is 0.0976. The maximum Gasteiger partial charge on any atom is 0.0976 e. The van der Waals surface area contributed by atoms with Crippen molar-refractivity contribution in [3.05, 3.63) is 11.1 Å². The van der Waals surface area contributed by atoms with Crippen LogP contribution >= 0.6 is 23.2 Å². The summed E-state index contributed by atoms with van der Waals surface area (Å²) in [6, 6.07) is 0. The Morgan fingerprint density at radius 1 is 1.70 bits per heavy atom. The maximum atomic E-state index is 9.56. The van der Waals surface area contributed by atoms with Crippen molar-refractivity contribution in [1.82, 2.24) is 0 Å². The Labute approximate surface area is 70.6 Å². The van der Waals surface area contributed by atoms with Gasteiger partial charge in [0.2, 0.25) is 0 Å². The van der Waals surface area contributed by atoms with Gasteiger partial charge in [-0.1, -0.05) is 11.6 Å². The quantitative estimate of drug-likeness (QED) is 0.615. The molecule has 0 aromatic rings. The molecule has 1 aliphatic carbocycles. The Morgan fingerprint density at radius 3 is 2.80 bits per heavy atom. The van der Waals surface area contributed by atoms with Gasteiger partial charge in [0.05, 0.1) is 11.5 Å². The Balaban J connectivity index is 2.69. The minimum atomic E-state index is -0.836. The van der Waals surface area contributed by atoms with Gasteiger partial charge in [-0.25, -0.2) is 0 Å². The molecular formula is C7H10Cl2O. The molecule has 10 heavy (non-hydrogen) atoms. The molecule has 0 amide bonds. The number of aliphatic hydroxyl groups is 1. The molecule has 0 aliphatic heterocycles. The molecule has 0 saturated heterocycles. The number of halogens is 2. The zero-order chi connectivity index (χ0) is 7.61. The van der Waals surface area contributed by atoms with E-state index in [1.807, 2.05) is 0 Å². The first kappa shape index (κ1) is 8.38. The molecule has 0 fully saturated rings. The summed E-state index contributed by atoms with van der Waals surface area (Å²) in [5, 5.41) is 10.3. The van der Waals surface area contributed by atoms with E-state index in [2.05, 4.69) is 0 Å². The summed E-state index contributed by atoms with van der Waals surface area (Å²) in [7, 11) is 0. The van der Waals surface area contributed by atoms with Gasteiger partial charge in [-0.05, 0) is 25.3 Å². The van der Waals surface area contributed by atoms with Crippen LogP contribution in [0.1, 0.15) is 19.3 Å². The van der Waals surface area contributed by atoms with Crippen LogP contribution in [-0.2, 0) is 0 Å². The molecule has 3 heteroatoms. The number of alkyl halides is 1. The molecule has 1 nitrogen and oxygen atoms in total. The van der Waals surface area contributed by atoms with Crippen molar-refractivity contribution < 1.29 is 5.11 Å². The predicted molar refractivity (Wildman–Crippen MR) is 43.5 cm³/mol. The van der Waals surface area contributed by atoms with Gasteiger partial charge >= 0.3 is 0 Å². The van der Waals surface area contributed by atoms with Gasteiger partial charge in [0.1, 0.15) is 0 Å². The van der Waals surface area contributed by atoms with Gasteiger partial charge in [-0.15, -0.1) is 11.6 Å². The Kier molecular flexibility index (Phi) is 2.61. The largest absolute Gasteiger partial charge is 0.384 e. The number of allylic oxidation sites excluding steroid dienone is 1. The van der Waals surface area contributed by atoms with Gasteiger partial charge in [-0.3, -0.25) is 0 Å². The van der Waals surface area contributed by atoms with Crippen molar-refractivity contribution in [2.24, 2.45) is 0 Å². The fraction of sp³-hybridized carbons (Fsp3) is 0.714. The molecule has 1 unspecified atom stereocenters. The molecule has 0 aromatic carbocycles. The molecule has 1 N–H and O–H groups in total. The van der Waals surface area contributed by atoms with Crippen molar-refractivity contribution in [1.29, 1.82) is 0 Å². The Hall–Kier alpha value is 0.280. The highest BCUT2D eigenvalue weighted by molar-refractivity contribution is 6.29. The van der Waals surface area contributed by atoms with Crippen LogP contribution in [0.2, 0.25) is 0 Å². The van der Waals surface area contributed by atoms with Crippen molar-refractivity contribution in [2.45, 2.75) is 24.9 Å². The van der Waals surface area contributed by atoms with Gasteiger partial charge in [-0.2, -0.15) is 0 Å². The van der Waals surface area contributed by atoms with E-state index in [1.165, 1.54) is 0 Å². The van der Waals surface area contributed by atoms with E-state index in [9.17, 15) is 5.11 Å². The van der Waals surface area contributed by atoms with Crippen LogP contribution in [0.5, 0.6) is 0 Å². The van der Waals surface area contributed by atoms with E-state index >= 15 is 0 Å². The zero-order valence-corrected chi connectivity index (χ0v) is 7.12. The maximum absolute atomic E-state index is 9.56. The molecule has 0 heterocycles. The first-order valence-electron chi connectivity index (χ1n) is 3.32. The summed E-state index contributed by atoms with van der Waals surface area (Å²) < 4.78 is 0. The highest BCUT2D eigenvalue weighted by Crippen LogP contribution is 2.29. The summed E-state index contributed by atoms with van der Waals surface area (Å²) >= 11 is 11.3. The zero-order valence-electron chi connectivity index (χ0n) is 5.61. The van der Waals surface area contributed by atoms with Crippen LogP contribution in [-0.4, -0.2) is 16.6 Å². The van der Waals surface area contributed by atoms with Crippen LogP contribution in [0.15, 0.2) is 11.1 Å². The summed E-state index contributed by atoms with van der Waals surface area (Å²) in [6.45, 7) is 0. The average Bonchev–Trinajstić information content (AvgIpc) is 1.88. The lowest BCUT2D eigenvalue weighted by atomic mass is 9.93. The molecule has 0 bridgehead atoms. The molecule has 1 aliphatic rings. The number of hydrogen-bond donors (Lipinski definition) is 1. The standard InChI is InChI=1S/C7H10Cl2O/c8-5-7(10)3-1-2-6(9)4-7/h4,10H,1-3,5H2. The SMILES string of the molecule is OC1(CCl)C=C(Cl)CCC1. The van der Waals surface area contributed by atoms with Gasteiger partial charge < -0.3 is 5.11 Å². The normalized spacial score (nSPS) is 33.7. The van der Waals surface area contributed by atoms with Gasteiger partial charge in [0.15, 0.2) is 0 Å². The second-order valence-corrected chi connectivity index (χ2v) is 3.43. The highest BCUT2D eigenvalue weighted by Gasteiger charge is 2.26. The van der Waals surface area contributed by atoms with Crippen molar-refractivity contribution in [2.75, 3.05) is 5.88 Å². The lowest BCUT2D eigenvalue weighted by Crippen LogP contribution is -2.30. The van der Waals surface area contributed by atoms with Crippen LogP contribution in [0.25, 0.3) is 0 Å². The third-order valence-electron chi connectivity index (χ3n) is 1.68. The molecule has 58 valence electrons. The van der Waals surface area contributed by atoms with Crippen LogP contribution in [0, 0.1) is 0 Å². The minimum Gasteiger partial charge on any atom is -0.384 e. The highest BCUT2D eigenvalue weighted by atomic mass is 35.5. The summed E-state index contributed by atoms with van der Waals surface area (Å²) in [6.07, 6.45) is 4.19. The molecule has 0 spiro atoms. The van der Waals surface area contributed by atoms with Crippen LogP contribution in [0.3, 0.4) is 0 Å². The monoisotopic (exact) mass is 180 g/mol. The van der Waals surface area contributed by atoms with E-state index in [0.717, 1.165) is 24.3 Å².